The maximum Gasteiger partial charge on any atom is 0.211 e. The lowest BCUT2D eigenvalue weighted by Crippen LogP contribution is -2.33. The summed E-state index contributed by atoms with van der Waals surface area (Å²) in [5.41, 5.74) is 0. The highest BCUT2D eigenvalue weighted by molar-refractivity contribution is 8.16. The van der Waals surface area contributed by atoms with Gasteiger partial charge in [0, 0.05) is 32.5 Å². The van der Waals surface area contributed by atoms with Crippen molar-refractivity contribution in [2.24, 2.45) is 0 Å². The Morgan fingerprint density at radius 1 is 1.00 bits per heavy atom. The Bertz CT molecular complexity index is 339. The minimum absolute atomic E-state index is 0.0470. The molecular formula is C14H20O2S4. The van der Waals surface area contributed by atoms with Crippen LogP contribution in [0.3, 0.4) is 0 Å². The van der Waals surface area contributed by atoms with Crippen molar-refractivity contribution in [1.82, 2.24) is 0 Å². The molecule has 0 aromatic heterocycles. The number of hydrogen-bond donors (Lipinski definition) is 0. The molecule has 0 spiro atoms. The Morgan fingerprint density at radius 2 is 1.35 bits per heavy atom. The summed E-state index contributed by atoms with van der Waals surface area (Å²) >= 11 is 6.57. The van der Waals surface area contributed by atoms with Crippen molar-refractivity contribution in [1.29, 1.82) is 0 Å². The molecule has 4 unspecified atom stereocenters. The zero-order valence-corrected chi connectivity index (χ0v) is 15.0. The first-order chi connectivity index (χ1) is 9.47. The van der Waals surface area contributed by atoms with Crippen molar-refractivity contribution in [3.8, 4) is 0 Å². The van der Waals surface area contributed by atoms with Crippen LogP contribution in [0.25, 0.3) is 0 Å². The van der Waals surface area contributed by atoms with Gasteiger partial charge in [-0.1, -0.05) is 50.5 Å². The zero-order valence-electron chi connectivity index (χ0n) is 11.7. The lowest BCUT2D eigenvalue weighted by Gasteiger charge is -2.33. The third-order valence-electron chi connectivity index (χ3n) is 2.93. The summed E-state index contributed by atoms with van der Waals surface area (Å²) in [6, 6.07) is 0. The van der Waals surface area contributed by atoms with Gasteiger partial charge in [-0.2, -0.15) is 23.5 Å². The van der Waals surface area contributed by atoms with E-state index in [2.05, 4.69) is 27.0 Å². The molecule has 1 heterocycles. The van der Waals surface area contributed by atoms with Crippen LogP contribution in [0.2, 0.25) is 0 Å². The van der Waals surface area contributed by atoms with Crippen molar-refractivity contribution in [3.05, 3.63) is 25.3 Å². The smallest absolute Gasteiger partial charge is 0.211 e. The molecule has 2 nitrogen and oxygen atoms in total. The Balaban J connectivity index is 2.39. The van der Waals surface area contributed by atoms with Crippen LogP contribution in [0.1, 0.15) is 13.8 Å². The van der Waals surface area contributed by atoms with E-state index in [1.807, 2.05) is 23.5 Å². The van der Waals surface area contributed by atoms with Crippen molar-refractivity contribution in [2.45, 2.75) is 34.8 Å². The highest BCUT2D eigenvalue weighted by atomic mass is 32.2. The van der Waals surface area contributed by atoms with Gasteiger partial charge in [0.25, 0.3) is 0 Å². The Kier molecular flexibility index (Phi) is 8.48. The molecule has 0 bridgehead atoms. The second-order valence-corrected chi connectivity index (χ2v) is 9.74. The first-order valence-corrected chi connectivity index (χ1v) is 10.2. The van der Waals surface area contributed by atoms with E-state index < -0.39 is 0 Å². The molecule has 1 saturated heterocycles. The minimum atomic E-state index is 0.0470. The Labute approximate surface area is 138 Å². The minimum Gasteiger partial charge on any atom is -0.282 e. The van der Waals surface area contributed by atoms with E-state index in [4.69, 9.17) is 0 Å². The summed E-state index contributed by atoms with van der Waals surface area (Å²) in [5, 5.41) is 1.67. The predicted molar refractivity (Wildman–Crippen MR) is 97.0 cm³/mol. The molecular weight excluding hydrogens is 328 g/mol. The largest absolute Gasteiger partial charge is 0.282 e. The number of carbonyl (C=O) groups excluding carboxylic acids is 2. The molecule has 1 rings (SSSR count). The van der Waals surface area contributed by atoms with Crippen LogP contribution in [-0.4, -0.2) is 42.7 Å². The number of hydrogen-bond acceptors (Lipinski definition) is 6. The third kappa shape index (κ3) is 5.92. The summed E-state index contributed by atoms with van der Waals surface area (Å²) in [5.74, 6) is 2.06. The first-order valence-electron chi connectivity index (χ1n) is 6.37. The molecule has 20 heavy (non-hydrogen) atoms. The van der Waals surface area contributed by atoms with E-state index in [0.29, 0.717) is 21.0 Å². The highest BCUT2D eigenvalue weighted by Gasteiger charge is 2.30. The van der Waals surface area contributed by atoms with E-state index in [9.17, 15) is 9.59 Å². The van der Waals surface area contributed by atoms with Gasteiger partial charge in [-0.15, -0.1) is 0 Å². The molecule has 0 amide bonds. The average molecular weight is 349 g/mol. The molecule has 0 N–H and O–H groups in total. The van der Waals surface area contributed by atoms with Crippen LogP contribution in [0.5, 0.6) is 0 Å². The lowest BCUT2D eigenvalue weighted by atomic mass is 10.3. The number of carbonyl (C=O) groups is 2. The fourth-order valence-corrected chi connectivity index (χ4v) is 7.39. The van der Waals surface area contributed by atoms with E-state index in [1.165, 1.54) is 35.7 Å². The van der Waals surface area contributed by atoms with Gasteiger partial charge in [0.1, 0.15) is 0 Å². The molecule has 0 radical (unpaired) electrons. The van der Waals surface area contributed by atoms with E-state index in [-0.39, 0.29) is 10.2 Å². The van der Waals surface area contributed by atoms with Crippen molar-refractivity contribution >= 4 is 57.3 Å². The van der Waals surface area contributed by atoms with Crippen LogP contribution in [-0.2, 0) is 9.59 Å². The standard InChI is InChI=1S/C14H20O2S4/c1-5-13(15)19-9(3)11-7-18-12(8-17-11)10(4)20-14(16)6-2/h5-6,9-12H,1-2,7-8H2,3-4H3. The predicted octanol–water partition coefficient (Wildman–Crippen LogP) is 3.87. The van der Waals surface area contributed by atoms with Crippen molar-refractivity contribution in [2.75, 3.05) is 11.5 Å². The molecule has 6 heteroatoms. The third-order valence-corrected chi connectivity index (χ3v) is 9.01. The average Bonchev–Trinajstić information content (AvgIpc) is 2.46. The summed E-state index contributed by atoms with van der Waals surface area (Å²) < 4.78 is 0. The van der Waals surface area contributed by atoms with Crippen LogP contribution in [0.15, 0.2) is 25.3 Å². The maximum atomic E-state index is 11.4. The second-order valence-electron chi connectivity index (χ2n) is 4.44. The Hall–Kier alpha value is 0.220. The quantitative estimate of drug-likeness (QED) is 0.678. The molecule has 4 atom stereocenters. The van der Waals surface area contributed by atoms with Crippen LogP contribution >= 0.6 is 47.0 Å². The monoisotopic (exact) mass is 348 g/mol. The van der Waals surface area contributed by atoms with Crippen LogP contribution in [0.4, 0.5) is 0 Å². The lowest BCUT2D eigenvalue weighted by molar-refractivity contribution is -0.107. The van der Waals surface area contributed by atoms with Gasteiger partial charge >= 0.3 is 0 Å². The van der Waals surface area contributed by atoms with Gasteiger partial charge in [-0.25, -0.2) is 0 Å². The molecule has 0 aliphatic carbocycles. The van der Waals surface area contributed by atoms with E-state index >= 15 is 0 Å². The summed E-state index contributed by atoms with van der Waals surface area (Å²) in [7, 11) is 0. The van der Waals surface area contributed by atoms with Gasteiger partial charge in [0.05, 0.1) is 0 Å². The fourth-order valence-electron chi connectivity index (χ4n) is 1.69. The first kappa shape index (κ1) is 18.3. The van der Waals surface area contributed by atoms with Crippen LogP contribution < -0.4 is 0 Å². The molecule has 0 aromatic carbocycles. The van der Waals surface area contributed by atoms with E-state index in [1.54, 1.807) is 0 Å². The molecule has 0 aromatic rings. The SMILES string of the molecule is C=CC(=O)SC(C)C1CSC(C(C)SC(=O)C=C)CS1. The maximum absolute atomic E-state index is 11.4. The number of thioether (sulfide) groups is 4. The molecule has 1 aliphatic rings. The highest BCUT2D eigenvalue weighted by Crippen LogP contribution is 2.39. The van der Waals surface area contributed by atoms with Gasteiger partial charge in [-0.3, -0.25) is 9.59 Å². The normalized spacial score (nSPS) is 25.5. The van der Waals surface area contributed by atoms with Gasteiger partial charge in [0.15, 0.2) is 0 Å². The second kappa shape index (κ2) is 9.28. The van der Waals surface area contributed by atoms with E-state index in [0.717, 1.165) is 11.5 Å². The summed E-state index contributed by atoms with van der Waals surface area (Å²) in [6.45, 7) is 11.2. The summed E-state index contributed by atoms with van der Waals surface area (Å²) in [4.78, 5) is 22.7. The zero-order chi connectivity index (χ0) is 15.1. The van der Waals surface area contributed by atoms with Gasteiger partial charge < -0.3 is 0 Å². The fraction of sp³-hybridized carbons (Fsp3) is 0.571. The Morgan fingerprint density at radius 3 is 1.60 bits per heavy atom. The van der Waals surface area contributed by atoms with Gasteiger partial charge in [-0.05, 0) is 12.2 Å². The molecule has 0 saturated carbocycles. The summed E-state index contributed by atoms with van der Waals surface area (Å²) in [6.07, 6.45) is 2.76. The van der Waals surface area contributed by atoms with Crippen molar-refractivity contribution < 1.29 is 9.59 Å². The van der Waals surface area contributed by atoms with Crippen LogP contribution in [0, 0.1) is 0 Å². The topological polar surface area (TPSA) is 34.1 Å². The molecule has 1 fully saturated rings. The molecule has 1 aliphatic heterocycles. The molecule has 112 valence electrons. The number of rotatable bonds is 6. The van der Waals surface area contributed by atoms with Crippen molar-refractivity contribution in [3.63, 3.8) is 0 Å². The van der Waals surface area contributed by atoms with Gasteiger partial charge in [0.2, 0.25) is 10.2 Å².